The summed E-state index contributed by atoms with van der Waals surface area (Å²) in [6, 6.07) is 1.74. The molecule has 0 N–H and O–H groups in total. The summed E-state index contributed by atoms with van der Waals surface area (Å²) < 4.78 is 9.98. The summed E-state index contributed by atoms with van der Waals surface area (Å²) in [5.74, 6) is 0.497. The monoisotopic (exact) mass is 150 g/mol. The van der Waals surface area contributed by atoms with Gasteiger partial charge >= 0.3 is 0 Å². The molecule has 2 rings (SSSR count). The SMILES string of the molecule is COc1nccc2ocnc12. The summed E-state index contributed by atoms with van der Waals surface area (Å²) in [5, 5.41) is 0. The van der Waals surface area contributed by atoms with E-state index < -0.39 is 0 Å². The molecule has 0 saturated carbocycles. The number of rotatable bonds is 1. The van der Waals surface area contributed by atoms with Crippen molar-refractivity contribution >= 4 is 11.1 Å². The fourth-order valence-electron chi connectivity index (χ4n) is 0.917. The lowest BCUT2D eigenvalue weighted by Gasteiger charge is -1.95. The molecule has 56 valence electrons. The fraction of sp³-hybridized carbons (Fsp3) is 0.143. The summed E-state index contributed by atoms with van der Waals surface area (Å²) in [6.45, 7) is 0. The summed E-state index contributed by atoms with van der Waals surface area (Å²) in [7, 11) is 1.55. The highest BCUT2D eigenvalue weighted by Gasteiger charge is 2.04. The van der Waals surface area contributed by atoms with Crippen LogP contribution < -0.4 is 4.74 Å². The van der Waals surface area contributed by atoms with E-state index in [1.807, 2.05) is 0 Å². The predicted octanol–water partition coefficient (Wildman–Crippen LogP) is 1.23. The Kier molecular flexibility index (Phi) is 1.25. The van der Waals surface area contributed by atoms with Crippen molar-refractivity contribution in [2.24, 2.45) is 0 Å². The highest BCUT2D eigenvalue weighted by Crippen LogP contribution is 2.19. The number of aromatic nitrogens is 2. The Morgan fingerprint density at radius 2 is 2.36 bits per heavy atom. The zero-order valence-corrected chi connectivity index (χ0v) is 5.94. The van der Waals surface area contributed by atoms with E-state index >= 15 is 0 Å². The lowest BCUT2D eigenvalue weighted by molar-refractivity contribution is 0.402. The van der Waals surface area contributed by atoms with Gasteiger partial charge in [-0.05, 0) is 0 Å². The summed E-state index contributed by atoms with van der Waals surface area (Å²) in [4.78, 5) is 7.89. The van der Waals surface area contributed by atoms with Gasteiger partial charge in [0.1, 0.15) is 0 Å². The molecule has 0 saturated heterocycles. The van der Waals surface area contributed by atoms with Crippen molar-refractivity contribution in [2.45, 2.75) is 0 Å². The Balaban J connectivity index is 2.79. The minimum absolute atomic E-state index is 0.497. The third-order valence-corrected chi connectivity index (χ3v) is 1.41. The molecule has 0 aliphatic carbocycles. The average Bonchev–Trinajstić information content (AvgIpc) is 2.50. The predicted molar refractivity (Wildman–Crippen MR) is 38.4 cm³/mol. The van der Waals surface area contributed by atoms with Crippen molar-refractivity contribution < 1.29 is 9.15 Å². The number of hydrogen-bond acceptors (Lipinski definition) is 4. The molecule has 2 aromatic rings. The van der Waals surface area contributed by atoms with Crippen LogP contribution in [0.25, 0.3) is 11.1 Å². The van der Waals surface area contributed by atoms with E-state index in [1.54, 1.807) is 19.4 Å². The molecule has 0 radical (unpaired) electrons. The van der Waals surface area contributed by atoms with Crippen LogP contribution in [0.3, 0.4) is 0 Å². The maximum absolute atomic E-state index is 5.03. The van der Waals surface area contributed by atoms with Crippen molar-refractivity contribution in [3.63, 3.8) is 0 Å². The van der Waals surface area contributed by atoms with Gasteiger partial charge in [-0.25, -0.2) is 9.97 Å². The first-order chi connectivity index (χ1) is 5.42. The molecule has 0 unspecified atom stereocenters. The third-order valence-electron chi connectivity index (χ3n) is 1.41. The summed E-state index contributed by atoms with van der Waals surface area (Å²) in [5.41, 5.74) is 1.35. The molecule has 0 amide bonds. The molecular formula is C7H6N2O2. The Morgan fingerprint density at radius 1 is 1.45 bits per heavy atom. The normalized spacial score (nSPS) is 10.3. The highest BCUT2D eigenvalue weighted by atomic mass is 16.5. The Morgan fingerprint density at radius 3 is 3.18 bits per heavy atom. The van der Waals surface area contributed by atoms with Gasteiger partial charge in [0, 0.05) is 12.3 Å². The molecular weight excluding hydrogens is 144 g/mol. The maximum Gasteiger partial charge on any atom is 0.243 e. The standard InChI is InChI=1S/C7H6N2O2/c1-10-7-6-5(2-3-8-7)11-4-9-6/h2-4H,1H3. The van der Waals surface area contributed by atoms with E-state index in [0.717, 1.165) is 0 Å². The quantitative estimate of drug-likeness (QED) is 0.613. The third kappa shape index (κ3) is 0.832. The number of pyridine rings is 1. The van der Waals surface area contributed by atoms with Gasteiger partial charge in [-0.1, -0.05) is 0 Å². The van der Waals surface area contributed by atoms with Crippen molar-refractivity contribution in [1.82, 2.24) is 9.97 Å². The van der Waals surface area contributed by atoms with Gasteiger partial charge in [-0.15, -0.1) is 0 Å². The second kappa shape index (κ2) is 2.23. The zero-order valence-electron chi connectivity index (χ0n) is 5.94. The van der Waals surface area contributed by atoms with Crippen LogP contribution in [-0.2, 0) is 0 Å². The molecule has 0 spiro atoms. The smallest absolute Gasteiger partial charge is 0.243 e. The van der Waals surface area contributed by atoms with Gasteiger partial charge in [-0.3, -0.25) is 0 Å². The molecule has 0 atom stereocenters. The molecule has 2 heterocycles. The van der Waals surface area contributed by atoms with Crippen molar-refractivity contribution in [2.75, 3.05) is 7.11 Å². The van der Waals surface area contributed by atoms with Crippen LogP contribution in [0.2, 0.25) is 0 Å². The molecule has 0 aliphatic rings. The Labute approximate surface area is 62.8 Å². The Bertz CT molecular complexity index is 369. The van der Waals surface area contributed by atoms with Crippen molar-refractivity contribution in [3.05, 3.63) is 18.7 Å². The number of nitrogens with zero attached hydrogens (tertiary/aromatic N) is 2. The topological polar surface area (TPSA) is 48.2 Å². The summed E-state index contributed by atoms with van der Waals surface area (Å²) in [6.07, 6.45) is 2.99. The molecule has 0 fully saturated rings. The van der Waals surface area contributed by atoms with Gasteiger partial charge in [0.05, 0.1) is 7.11 Å². The van der Waals surface area contributed by atoms with E-state index in [-0.39, 0.29) is 0 Å². The van der Waals surface area contributed by atoms with Gasteiger partial charge in [0.15, 0.2) is 17.5 Å². The number of ether oxygens (including phenoxy) is 1. The van der Waals surface area contributed by atoms with E-state index in [0.29, 0.717) is 17.0 Å². The second-order valence-corrected chi connectivity index (χ2v) is 2.02. The molecule has 0 aromatic carbocycles. The second-order valence-electron chi connectivity index (χ2n) is 2.02. The lowest BCUT2D eigenvalue weighted by Crippen LogP contribution is -1.86. The fourth-order valence-corrected chi connectivity index (χ4v) is 0.917. The van der Waals surface area contributed by atoms with E-state index in [1.165, 1.54) is 6.39 Å². The van der Waals surface area contributed by atoms with Crippen LogP contribution in [0.1, 0.15) is 0 Å². The first kappa shape index (κ1) is 6.15. The van der Waals surface area contributed by atoms with Crippen LogP contribution in [0.4, 0.5) is 0 Å². The average molecular weight is 150 g/mol. The number of oxazole rings is 1. The first-order valence-electron chi connectivity index (χ1n) is 3.14. The van der Waals surface area contributed by atoms with Crippen molar-refractivity contribution in [3.8, 4) is 5.88 Å². The van der Waals surface area contributed by atoms with Crippen molar-refractivity contribution in [1.29, 1.82) is 0 Å². The van der Waals surface area contributed by atoms with Crippen LogP contribution in [0.15, 0.2) is 23.1 Å². The van der Waals surface area contributed by atoms with Crippen LogP contribution >= 0.6 is 0 Å². The lowest BCUT2D eigenvalue weighted by atomic mass is 10.4. The Hall–Kier alpha value is -1.58. The van der Waals surface area contributed by atoms with Gasteiger partial charge < -0.3 is 9.15 Å². The van der Waals surface area contributed by atoms with E-state index in [2.05, 4.69) is 9.97 Å². The zero-order chi connectivity index (χ0) is 7.68. The number of fused-ring (bicyclic) bond motifs is 1. The molecule has 0 aliphatic heterocycles. The molecule has 11 heavy (non-hydrogen) atoms. The van der Waals surface area contributed by atoms with Gasteiger partial charge in [0.2, 0.25) is 5.88 Å². The van der Waals surface area contributed by atoms with Crippen LogP contribution in [0, 0.1) is 0 Å². The van der Waals surface area contributed by atoms with E-state index in [4.69, 9.17) is 9.15 Å². The van der Waals surface area contributed by atoms with E-state index in [9.17, 15) is 0 Å². The van der Waals surface area contributed by atoms with Crippen LogP contribution in [-0.4, -0.2) is 17.1 Å². The minimum Gasteiger partial charge on any atom is -0.479 e. The maximum atomic E-state index is 5.03. The van der Waals surface area contributed by atoms with Crippen LogP contribution in [0.5, 0.6) is 5.88 Å². The number of methoxy groups -OCH3 is 1. The summed E-state index contributed by atoms with van der Waals surface area (Å²) >= 11 is 0. The first-order valence-corrected chi connectivity index (χ1v) is 3.14. The molecule has 0 bridgehead atoms. The highest BCUT2D eigenvalue weighted by molar-refractivity contribution is 5.76. The number of hydrogen-bond donors (Lipinski definition) is 0. The van der Waals surface area contributed by atoms with Gasteiger partial charge in [0.25, 0.3) is 0 Å². The molecule has 4 heteroatoms. The largest absolute Gasteiger partial charge is 0.479 e. The molecule has 2 aromatic heterocycles. The molecule has 4 nitrogen and oxygen atoms in total. The minimum atomic E-state index is 0.497. The van der Waals surface area contributed by atoms with Gasteiger partial charge in [-0.2, -0.15) is 0 Å².